The summed E-state index contributed by atoms with van der Waals surface area (Å²) in [4.78, 5) is 25.3. The number of nitrogens with one attached hydrogen (secondary N) is 2. The molecular formula is C21H25IN6O. The van der Waals surface area contributed by atoms with E-state index in [0.717, 1.165) is 28.6 Å². The van der Waals surface area contributed by atoms with Crippen molar-refractivity contribution in [3.63, 3.8) is 0 Å². The number of aromatic amines is 1. The molecule has 8 heteroatoms. The quantitative estimate of drug-likeness (QED) is 0.273. The molecular weight excluding hydrogens is 479 g/mol. The van der Waals surface area contributed by atoms with Crippen LogP contribution < -0.4 is 11.1 Å². The fourth-order valence-electron chi connectivity index (χ4n) is 2.86. The molecule has 0 saturated carbocycles. The van der Waals surface area contributed by atoms with Crippen LogP contribution in [0.25, 0.3) is 11.3 Å². The number of guanidine groups is 1. The lowest BCUT2D eigenvalue weighted by molar-refractivity contribution is 0.100. The monoisotopic (exact) mass is 504 g/mol. The molecule has 152 valence electrons. The number of carbonyl (C=O) groups excluding carboxylic acids is 1. The summed E-state index contributed by atoms with van der Waals surface area (Å²) < 4.78 is 0. The van der Waals surface area contributed by atoms with Gasteiger partial charge in [0.15, 0.2) is 5.96 Å². The van der Waals surface area contributed by atoms with Crippen molar-refractivity contribution in [3.05, 3.63) is 77.7 Å². The summed E-state index contributed by atoms with van der Waals surface area (Å²) in [5.41, 5.74) is 8.89. The van der Waals surface area contributed by atoms with Crippen LogP contribution in [0.5, 0.6) is 0 Å². The molecule has 0 saturated heterocycles. The molecule has 7 nitrogen and oxygen atoms in total. The fraction of sp³-hybridized carbons (Fsp3) is 0.190. The first-order valence-electron chi connectivity index (χ1n) is 8.96. The van der Waals surface area contributed by atoms with Gasteiger partial charge in [-0.2, -0.15) is 0 Å². The Morgan fingerprint density at radius 3 is 2.48 bits per heavy atom. The minimum Gasteiger partial charge on any atom is -0.366 e. The van der Waals surface area contributed by atoms with Crippen LogP contribution in [0.1, 0.15) is 21.7 Å². The van der Waals surface area contributed by atoms with E-state index in [1.807, 2.05) is 60.6 Å². The number of hydrogen-bond acceptors (Lipinski definition) is 3. The highest BCUT2D eigenvalue weighted by Gasteiger charge is 2.10. The molecule has 0 aliphatic heterocycles. The number of H-pyrrole nitrogens is 1. The minimum absolute atomic E-state index is 0. The largest absolute Gasteiger partial charge is 0.366 e. The zero-order chi connectivity index (χ0) is 19.9. The number of nitrogens with two attached hydrogens (primary N) is 1. The Bertz CT molecular complexity index is 953. The maximum absolute atomic E-state index is 11.2. The van der Waals surface area contributed by atoms with Gasteiger partial charge in [-0.15, -0.1) is 24.0 Å². The summed E-state index contributed by atoms with van der Waals surface area (Å²) in [7, 11) is 3.70. The van der Waals surface area contributed by atoms with Crippen molar-refractivity contribution in [2.45, 2.75) is 13.1 Å². The first kappa shape index (κ1) is 22.4. The van der Waals surface area contributed by atoms with E-state index in [1.54, 1.807) is 19.2 Å². The molecule has 0 spiro atoms. The summed E-state index contributed by atoms with van der Waals surface area (Å²) >= 11 is 0. The van der Waals surface area contributed by atoms with E-state index in [2.05, 4.69) is 20.3 Å². The predicted octanol–water partition coefficient (Wildman–Crippen LogP) is 3.00. The van der Waals surface area contributed by atoms with Crippen LogP contribution in [-0.4, -0.2) is 40.8 Å². The van der Waals surface area contributed by atoms with Gasteiger partial charge >= 0.3 is 0 Å². The van der Waals surface area contributed by atoms with Gasteiger partial charge in [0, 0.05) is 26.2 Å². The van der Waals surface area contributed by atoms with E-state index in [4.69, 9.17) is 5.73 Å². The number of benzene rings is 2. The van der Waals surface area contributed by atoms with Gasteiger partial charge in [-0.25, -0.2) is 4.98 Å². The Morgan fingerprint density at radius 1 is 1.17 bits per heavy atom. The average molecular weight is 504 g/mol. The molecule has 3 rings (SSSR count). The normalized spacial score (nSPS) is 10.9. The molecule has 0 fully saturated rings. The van der Waals surface area contributed by atoms with Gasteiger partial charge in [0.1, 0.15) is 5.82 Å². The van der Waals surface area contributed by atoms with Crippen LogP contribution in [0, 0.1) is 0 Å². The number of primary amides is 1. The number of rotatable bonds is 6. The molecule has 1 aromatic heterocycles. The van der Waals surface area contributed by atoms with Crippen molar-refractivity contribution in [1.29, 1.82) is 0 Å². The number of aliphatic imine (C=N–C) groups is 1. The Morgan fingerprint density at radius 2 is 1.86 bits per heavy atom. The van der Waals surface area contributed by atoms with Crippen molar-refractivity contribution < 1.29 is 4.79 Å². The number of aromatic nitrogens is 2. The van der Waals surface area contributed by atoms with Crippen LogP contribution in [0.3, 0.4) is 0 Å². The molecule has 0 radical (unpaired) electrons. The van der Waals surface area contributed by atoms with E-state index < -0.39 is 5.91 Å². The van der Waals surface area contributed by atoms with Crippen LogP contribution in [0.15, 0.2) is 65.8 Å². The highest BCUT2D eigenvalue weighted by Crippen LogP contribution is 2.16. The van der Waals surface area contributed by atoms with Crippen molar-refractivity contribution in [2.24, 2.45) is 10.7 Å². The Hall–Kier alpha value is -2.88. The number of halogens is 1. The van der Waals surface area contributed by atoms with Gasteiger partial charge in [0.2, 0.25) is 5.91 Å². The number of carbonyl (C=O) groups is 1. The number of hydrogen-bond donors (Lipinski definition) is 3. The van der Waals surface area contributed by atoms with Crippen LogP contribution >= 0.6 is 24.0 Å². The van der Waals surface area contributed by atoms with Crippen molar-refractivity contribution in [3.8, 4) is 11.3 Å². The van der Waals surface area contributed by atoms with E-state index >= 15 is 0 Å². The molecule has 3 aromatic rings. The Kier molecular flexibility index (Phi) is 8.20. The first-order chi connectivity index (χ1) is 13.6. The molecule has 0 atom stereocenters. The van der Waals surface area contributed by atoms with Gasteiger partial charge in [-0.1, -0.05) is 42.5 Å². The van der Waals surface area contributed by atoms with E-state index in [-0.39, 0.29) is 24.0 Å². The molecule has 29 heavy (non-hydrogen) atoms. The third kappa shape index (κ3) is 6.05. The first-order valence-corrected chi connectivity index (χ1v) is 8.96. The van der Waals surface area contributed by atoms with Crippen LogP contribution in [0.4, 0.5) is 0 Å². The summed E-state index contributed by atoms with van der Waals surface area (Å²) in [5, 5.41) is 3.31. The summed E-state index contributed by atoms with van der Waals surface area (Å²) in [6.07, 6.45) is 1.84. The van der Waals surface area contributed by atoms with E-state index in [1.165, 1.54) is 0 Å². The topological polar surface area (TPSA) is 99.4 Å². The molecule has 0 aliphatic carbocycles. The van der Waals surface area contributed by atoms with Gasteiger partial charge in [-0.3, -0.25) is 9.79 Å². The number of imidazole rings is 1. The van der Waals surface area contributed by atoms with Crippen molar-refractivity contribution in [2.75, 3.05) is 14.1 Å². The van der Waals surface area contributed by atoms with Gasteiger partial charge in [0.05, 0.1) is 18.4 Å². The fourth-order valence-corrected chi connectivity index (χ4v) is 2.86. The molecule has 1 heterocycles. The smallest absolute Gasteiger partial charge is 0.248 e. The summed E-state index contributed by atoms with van der Waals surface area (Å²) in [5.74, 6) is 1.18. The lowest BCUT2D eigenvalue weighted by Gasteiger charge is -2.21. The maximum Gasteiger partial charge on any atom is 0.248 e. The molecule has 0 unspecified atom stereocenters. The second kappa shape index (κ2) is 10.6. The molecule has 1 amide bonds. The third-order valence-corrected chi connectivity index (χ3v) is 4.36. The van der Waals surface area contributed by atoms with Gasteiger partial charge in [0.25, 0.3) is 0 Å². The standard InChI is InChI=1S/C21H24N6O.HI/c1-23-21(25-12-15-8-10-17(11-9-15)20(22)28)27(2)14-19-24-13-18(26-19)16-6-4-3-5-7-16;/h3-11,13H,12,14H2,1-2H3,(H2,22,28)(H,23,25)(H,24,26);1H. The second-order valence-electron chi connectivity index (χ2n) is 6.43. The molecule has 2 aromatic carbocycles. The highest BCUT2D eigenvalue weighted by atomic mass is 127. The van der Waals surface area contributed by atoms with Gasteiger partial charge < -0.3 is 20.9 Å². The number of amides is 1. The third-order valence-electron chi connectivity index (χ3n) is 4.36. The van der Waals surface area contributed by atoms with Crippen LogP contribution in [0.2, 0.25) is 0 Å². The maximum atomic E-state index is 11.2. The molecule has 4 N–H and O–H groups in total. The minimum atomic E-state index is -0.427. The lowest BCUT2D eigenvalue weighted by Crippen LogP contribution is -2.38. The van der Waals surface area contributed by atoms with Crippen LogP contribution in [-0.2, 0) is 13.1 Å². The summed E-state index contributed by atoms with van der Waals surface area (Å²) in [6, 6.07) is 17.3. The highest BCUT2D eigenvalue weighted by molar-refractivity contribution is 14.0. The Labute approximate surface area is 187 Å². The van der Waals surface area contributed by atoms with Crippen molar-refractivity contribution >= 4 is 35.8 Å². The van der Waals surface area contributed by atoms with Gasteiger partial charge in [-0.05, 0) is 23.3 Å². The number of nitrogens with zero attached hydrogens (tertiary/aromatic N) is 3. The van der Waals surface area contributed by atoms with E-state index in [9.17, 15) is 4.79 Å². The summed E-state index contributed by atoms with van der Waals surface area (Å²) in [6.45, 7) is 1.18. The zero-order valence-electron chi connectivity index (χ0n) is 16.4. The van der Waals surface area contributed by atoms with Crippen molar-refractivity contribution in [1.82, 2.24) is 20.2 Å². The zero-order valence-corrected chi connectivity index (χ0v) is 18.8. The van der Waals surface area contributed by atoms with E-state index in [0.29, 0.717) is 18.7 Å². The predicted molar refractivity (Wildman–Crippen MR) is 126 cm³/mol. The second-order valence-corrected chi connectivity index (χ2v) is 6.43. The lowest BCUT2D eigenvalue weighted by atomic mass is 10.1. The molecule has 0 aliphatic rings. The molecule has 0 bridgehead atoms. The average Bonchev–Trinajstić information content (AvgIpc) is 3.18. The Balaban J connectivity index is 0.00000300. The SMILES string of the molecule is CN=C(NCc1ccc(C(N)=O)cc1)N(C)Cc1ncc(-c2ccccc2)[nH]1.I.